The molecule has 1 fully saturated rings. The Morgan fingerprint density at radius 1 is 0.923 bits per heavy atom. The summed E-state index contributed by atoms with van der Waals surface area (Å²) in [6.45, 7) is 14.4. The molecule has 1 aliphatic heterocycles. The lowest BCUT2D eigenvalue weighted by Crippen LogP contribution is -2.46. The van der Waals surface area contributed by atoms with Crippen molar-refractivity contribution in [3.63, 3.8) is 0 Å². The van der Waals surface area contributed by atoms with Gasteiger partial charge < -0.3 is 0 Å². The van der Waals surface area contributed by atoms with Crippen molar-refractivity contribution in [1.29, 1.82) is 0 Å². The summed E-state index contributed by atoms with van der Waals surface area (Å²) in [6, 6.07) is 0. The van der Waals surface area contributed by atoms with Gasteiger partial charge in [-0.2, -0.15) is 11.8 Å². The van der Waals surface area contributed by atoms with E-state index in [1.54, 1.807) is 0 Å². The molecule has 0 aromatic rings. The molecule has 0 bridgehead atoms. The summed E-state index contributed by atoms with van der Waals surface area (Å²) < 4.78 is 0. The molecule has 13 heavy (non-hydrogen) atoms. The highest BCUT2D eigenvalue weighted by Gasteiger charge is 2.51. The van der Waals surface area contributed by atoms with Gasteiger partial charge in [0.2, 0.25) is 0 Å². The van der Waals surface area contributed by atoms with Gasteiger partial charge in [0, 0.05) is 0 Å². The highest BCUT2D eigenvalue weighted by atomic mass is 32.2. The van der Waals surface area contributed by atoms with Crippen LogP contribution >= 0.6 is 11.8 Å². The number of hydrogen-bond acceptors (Lipinski definition) is 1. The monoisotopic (exact) mass is 200 g/mol. The van der Waals surface area contributed by atoms with Crippen LogP contribution in [0.2, 0.25) is 0 Å². The zero-order chi connectivity index (χ0) is 10.3. The van der Waals surface area contributed by atoms with E-state index in [4.69, 9.17) is 0 Å². The third-order valence-corrected chi connectivity index (χ3v) is 5.08. The van der Waals surface area contributed by atoms with Crippen molar-refractivity contribution >= 4 is 11.8 Å². The largest absolute Gasteiger partial charge is 0.161 e. The second-order valence-corrected chi connectivity index (χ2v) is 7.49. The van der Waals surface area contributed by atoms with Crippen molar-refractivity contribution < 1.29 is 0 Å². The lowest BCUT2D eigenvalue weighted by molar-refractivity contribution is -0.00544. The van der Waals surface area contributed by atoms with Crippen molar-refractivity contribution in [3.8, 4) is 0 Å². The van der Waals surface area contributed by atoms with Crippen molar-refractivity contribution in [3.05, 3.63) is 0 Å². The molecule has 0 spiro atoms. The minimum absolute atomic E-state index is 0.439. The average Bonchev–Trinajstić information content (AvgIpc) is 2.28. The Morgan fingerprint density at radius 2 is 1.38 bits per heavy atom. The van der Waals surface area contributed by atoms with E-state index in [2.05, 4.69) is 53.3 Å². The van der Waals surface area contributed by atoms with Gasteiger partial charge in [-0.3, -0.25) is 0 Å². The zero-order valence-electron chi connectivity index (χ0n) is 10.0. The lowest BCUT2D eigenvalue weighted by Gasteiger charge is -2.51. The van der Waals surface area contributed by atoms with Crippen molar-refractivity contribution in [1.82, 2.24) is 0 Å². The Balaban J connectivity index is 3.02. The maximum atomic E-state index is 2.41. The minimum atomic E-state index is 0.439. The van der Waals surface area contributed by atoms with Crippen molar-refractivity contribution in [2.45, 2.75) is 48.0 Å². The summed E-state index contributed by atoms with van der Waals surface area (Å²) >= 11 is 2.13. The van der Waals surface area contributed by atoms with Gasteiger partial charge in [-0.25, -0.2) is 0 Å². The first-order chi connectivity index (χ1) is 5.71. The first-order valence-corrected chi connectivity index (χ1v) is 6.44. The Hall–Kier alpha value is 0.350. The van der Waals surface area contributed by atoms with Crippen LogP contribution in [0.4, 0.5) is 0 Å². The fraction of sp³-hybridized carbons (Fsp3) is 1.00. The van der Waals surface area contributed by atoms with Crippen LogP contribution in [0.1, 0.15) is 48.0 Å². The Morgan fingerprint density at radius 3 is 1.54 bits per heavy atom. The average molecular weight is 200 g/mol. The molecule has 0 aromatic heterocycles. The van der Waals surface area contributed by atoms with Crippen LogP contribution in [-0.2, 0) is 0 Å². The van der Waals surface area contributed by atoms with E-state index in [9.17, 15) is 0 Å². The molecule has 0 aromatic carbocycles. The highest BCUT2D eigenvalue weighted by Crippen LogP contribution is 2.58. The summed E-state index contributed by atoms with van der Waals surface area (Å²) in [5, 5.41) is 0. The lowest BCUT2D eigenvalue weighted by atomic mass is 9.54. The summed E-state index contributed by atoms with van der Waals surface area (Å²) in [4.78, 5) is 0. The van der Waals surface area contributed by atoms with Crippen molar-refractivity contribution in [2.75, 3.05) is 11.5 Å². The van der Waals surface area contributed by atoms with Crippen LogP contribution in [0.5, 0.6) is 0 Å². The summed E-state index contributed by atoms with van der Waals surface area (Å²) in [5.41, 5.74) is 1.41. The summed E-state index contributed by atoms with van der Waals surface area (Å²) in [7, 11) is 0. The van der Waals surface area contributed by atoms with Crippen LogP contribution < -0.4 is 0 Å². The minimum Gasteiger partial charge on any atom is -0.161 e. The Bertz CT molecular complexity index is 158. The van der Waals surface area contributed by atoms with E-state index in [1.165, 1.54) is 17.9 Å². The molecule has 0 aliphatic carbocycles. The van der Waals surface area contributed by atoms with Crippen molar-refractivity contribution in [2.24, 2.45) is 16.2 Å². The van der Waals surface area contributed by atoms with Gasteiger partial charge in [0.15, 0.2) is 0 Å². The van der Waals surface area contributed by atoms with Gasteiger partial charge in [0.25, 0.3) is 0 Å². The molecule has 0 N–H and O–H groups in total. The number of thioether (sulfide) groups is 1. The molecule has 78 valence electrons. The molecule has 0 saturated carbocycles. The number of rotatable bonds is 0. The molecule has 1 heterocycles. The Kier molecular flexibility index (Phi) is 2.80. The first kappa shape index (κ1) is 11.4. The van der Waals surface area contributed by atoms with E-state index in [0.717, 1.165) is 0 Å². The fourth-order valence-electron chi connectivity index (χ4n) is 2.87. The third-order valence-electron chi connectivity index (χ3n) is 3.89. The van der Waals surface area contributed by atoms with E-state index in [0.29, 0.717) is 16.2 Å². The van der Waals surface area contributed by atoms with E-state index in [-0.39, 0.29) is 0 Å². The van der Waals surface area contributed by atoms with E-state index < -0.39 is 0 Å². The van der Waals surface area contributed by atoms with Gasteiger partial charge in [0.1, 0.15) is 0 Å². The molecular weight excluding hydrogens is 176 g/mol. The maximum Gasteiger partial charge on any atom is -0.0000478 e. The normalized spacial score (nSPS) is 23.5. The molecule has 1 aliphatic rings. The SMILES string of the molecule is CC(C)(C)C1(C(C)(C)C)CCSC1. The molecule has 0 atom stereocenters. The number of hydrogen-bond donors (Lipinski definition) is 0. The van der Waals surface area contributed by atoms with Crippen LogP contribution in [-0.4, -0.2) is 11.5 Å². The molecule has 0 radical (unpaired) electrons. The first-order valence-electron chi connectivity index (χ1n) is 5.28. The molecule has 1 heteroatoms. The summed E-state index contributed by atoms with van der Waals surface area (Å²) in [5.74, 6) is 2.70. The van der Waals surface area contributed by atoms with Crippen LogP contribution in [0.15, 0.2) is 0 Å². The predicted molar refractivity (Wildman–Crippen MR) is 63.3 cm³/mol. The topological polar surface area (TPSA) is 0 Å². The second kappa shape index (κ2) is 3.18. The molecule has 0 unspecified atom stereocenters. The molecule has 0 nitrogen and oxygen atoms in total. The summed E-state index contributed by atoms with van der Waals surface area (Å²) in [6.07, 6.45) is 1.39. The predicted octanol–water partition coefficient (Wildman–Crippen LogP) is 4.20. The molecule has 1 rings (SSSR count). The molecule has 1 saturated heterocycles. The maximum absolute atomic E-state index is 2.41. The van der Waals surface area contributed by atoms with Crippen LogP contribution in [0.3, 0.4) is 0 Å². The van der Waals surface area contributed by atoms with E-state index >= 15 is 0 Å². The smallest absolute Gasteiger partial charge is 0.0000478 e. The zero-order valence-corrected chi connectivity index (χ0v) is 10.8. The van der Waals surface area contributed by atoms with Crippen LogP contribution in [0.25, 0.3) is 0 Å². The second-order valence-electron chi connectivity index (χ2n) is 6.38. The van der Waals surface area contributed by atoms with Gasteiger partial charge >= 0.3 is 0 Å². The van der Waals surface area contributed by atoms with Gasteiger partial charge in [-0.15, -0.1) is 0 Å². The highest BCUT2D eigenvalue weighted by molar-refractivity contribution is 7.99. The fourth-order valence-corrected chi connectivity index (χ4v) is 4.87. The Labute approximate surface area is 87.9 Å². The third kappa shape index (κ3) is 1.77. The van der Waals surface area contributed by atoms with Crippen LogP contribution in [0, 0.1) is 16.2 Å². The molecule has 0 amide bonds. The van der Waals surface area contributed by atoms with Gasteiger partial charge in [0.05, 0.1) is 0 Å². The molecular formula is C12H24S. The standard InChI is InChI=1S/C12H24S/c1-10(2,3)12(11(4,5)6)7-8-13-9-12/h7-9H2,1-6H3. The van der Waals surface area contributed by atoms with Gasteiger partial charge in [-0.05, 0) is 34.2 Å². The quantitative estimate of drug-likeness (QED) is 0.564. The van der Waals surface area contributed by atoms with Gasteiger partial charge in [-0.1, -0.05) is 41.5 Å². The van der Waals surface area contributed by atoms with E-state index in [1.807, 2.05) is 0 Å².